The molecular formula is C22H41N5O7S. The van der Waals surface area contributed by atoms with Gasteiger partial charge in [-0.3, -0.25) is 19.2 Å². The van der Waals surface area contributed by atoms with Crippen LogP contribution >= 0.6 is 11.8 Å². The van der Waals surface area contributed by atoms with E-state index in [0.717, 1.165) is 0 Å². The third kappa shape index (κ3) is 14.6. The van der Waals surface area contributed by atoms with Gasteiger partial charge in [-0.25, -0.2) is 4.79 Å². The first-order valence-corrected chi connectivity index (χ1v) is 13.1. The topological polar surface area (TPSA) is 214 Å². The second-order valence-corrected chi connectivity index (χ2v) is 9.74. The maximum absolute atomic E-state index is 13.0. The van der Waals surface area contributed by atoms with E-state index in [-0.39, 0.29) is 31.6 Å². The second-order valence-electron chi connectivity index (χ2n) is 8.76. The van der Waals surface area contributed by atoms with Crippen molar-refractivity contribution in [3.05, 3.63) is 0 Å². The Kier molecular flexibility index (Phi) is 16.7. The minimum atomic E-state index is -1.22. The highest BCUT2D eigenvalue weighted by atomic mass is 32.2. The zero-order valence-corrected chi connectivity index (χ0v) is 21.6. The molecule has 4 atom stereocenters. The van der Waals surface area contributed by atoms with Gasteiger partial charge < -0.3 is 37.6 Å². The highest BCUT2D eigenvalue weighted by Gasteiger charge is 2.30. The van der Waals surface area contributed by atoms with Gasteiger partial charge in [-0.2, -0.15) is 11.8 Å². The number of aliphatic carboxylic acids is 2. The summed E-state index contributed by atoms with van der Waals surface area (Å²) in [5.74, 6) is -3.76. The van der Waals surface area contributed by atoms with Crippen LogP contribution in [0.4, 0.5) is 0 Å². The fourth-order valence-electron chi connectivity index (χ4n) is 3.19. The number of nitrogens with one attached hydrogen (secondary N) is 3. The molecule has 3 amide bonds. The SMILES string of the molecule is CSCCC(N)C(=O)NC(CCC(=O)O)C(=O)NC(CC(C)C)C(=O)NC(CCCCN)C(=O)O. The summed E-state index contributed by atoms with van der Waals surface area (Å²) in [5.41, 5.74) is 11.3. The monoisotopic (exact) mass is 519 g/mol. The third-order valence-electron chi connectivity index (χ3n) is 5.15. The smallest absolute Gasteiger partial charge is 0.326 e. The number of carboxylic acids is 2. The van der Waals surface area contributed by atoms with Crippen molar-refractivity contribution in [2.24, 2.45) is 17.4 Å². The van der Waals surface area contributed by atoms with Gasteiger partial charge in [0.05, 0.1) is 6.04 Å². The fraction of sp³-hybridized carbons (Fsp3) is 0.773. The van der Waals surface area contributed by atoms with Crippen molar-refractivity contribution >= 4 is 41.4 Å². The Bertz CT molecular complexity index is 708. The van der Waals surface area contributed by atoms with Crippen LogP contribution < -0.4 is 27.4 Å². The zero-order valence-electron chi connectivity index (χ0n) is 20.7. The van der Waals surface area contributed by atoms with Crippen LogP contribution in [-0.4, -0.2) is 82.6 Å². The van der Waals surface area contributed by atoms with Crippen molar-refractivity contribution in [2.75, 3.05) is 18.6 Å². The molecule has 0 saturated carbocycles. The highest BCUT2D eigenvalue weighted by Crippen LogP contribution is 2.09. The second kappa shape index (κ2) is 18.0. The van der Waals surface area contributed by atoms with E-state index in [1.165, 1.54) is 11.8 Å². The predicted octanol–water partition coefficient (Wildman–Crippen LogP) is -0.354. The number of thioether (sulfide) groups is 1. The van der Waals surface area contributed by atoms with Crippen molar-refractivity contribution in [3.8, 4) is 0 Å². The molecule has 4 unspecified atom stereocenters. The van der Waals surface area contributed by atoms with Gasteiger partial charge in [-0.1, -0.05) is 13.8 Å². The summed E-state index contributed by atoms with van der Waals surface area (Å²) in [7, 11) is 0. The Balaban J connectivity index is 5.47. The summed E-state index contributed by atoms with van der Waals surface area (Å²) in [4.78, 5) is 60.9. The van der Waals surface area contributed by atoms with Gasteiger partial charge in [-0.05, 0) is 63.0 Å². The van der Waals surface area contributed by atoms with E-state index in [9.17, 15) is 29.1 Å². The molecule has 0 aromatic carbocycles. The van der Waals surface area contributed by atoms with Crippen molar-refractivity contribution < 1.29 is 34.2 Å². The van der Waals surface area contributed by atoms with Gasteiger partial charge >= 0.3 is 11.9 Å². The van der Waals surface area contributed by atoms with E-state index in [4.69, 9.17) is 16.6 Å². The lowest BCUT2D eigenvalue weighted by molar-refractivity contribution is -0.142. The van der Waals surface area contributed by atoms with Crippen molar-refractivity contribution in [1.29, 1.82) is 0 Å². The average Bonchev–Trinajstić information content (AvgIpc) is 2.78. The Morgan fingerprint density at radius 2 is 1.40 bits per heavy atom. The van der Waals surface area contributed by atoms with Crippen LogP contribution in [0.25, 0.3) is 0 Å². The van der Waals surface area contributed by atoms with Crippen LogP contribution in [0.1, 0.15) is 58.8 Å². The van der Waals surface area contributed by atoms with Crippen LogP contribution in [0.15, 0.2) is 0 Å². The number of rotatable bonds is 19. The quantitative estimate of drug-likeness (QED) is 0.110. The molecule has 0 fully saturated rings. The molecule has 0 aliphatic carbocycles. The summed E-state index contributed by atoms with van der Waals surface area (Å²) < 4.78 is 0. The van der Waals surface area contributed by atoms with Crippen LogP contribution in [0.5, 0.6) is 0 Å². The molecule has 13 heteroatoms. The number of hydrogen-bond donors (Lipinski definition) is 7. The summed E-state index contributed by atoms with van der Waals surface area (Å²) in [5, 5.41) is 26.0. The maximum Gasteiger partial charge on any atom is 0.326 e. The Labute approximate surface area is 210 Å². The van der Waals surface area contributed by atoms with E-state index in [0.29, 0.717) is 31.6 Å². The molecule has 9 N–H and O–H groups in total. The van der Waals surface area contributed by atoms with E-state index in [2.05, 4.69) is 16.0 Å². The summed E-state index contributed by atoms with van der Waals surface area (Å²) in [6.07, 6.45) is 3.16. The summed E-state index contributed by atoms with van der Waals surface area (Å²) in [6.45, 7) is 4.06. The number of carbonyl (C=O) groups excluding carboxylic acids is 3. The highest BCUT2D eigenvalue weighted by molar-refractivity contribution is 7.98. The molecule has 0 aromatic rings. The standard InChI is InChI=1S/C22H41N5O7S/c1-13(2)12-17(21(32)26-16(22(33)34)6-4-5-10-23)27-20(31)15(7-8-18(28)29)25-19(30)14(24)9-11-35-3/h13-17H,4-12,23-24H2,1-3H3,(H,25,30)(H,26,32)(H,27,31)(H,28,29)(H,33,34). The Morgan fingerprint density at radius 3 is 1.91 bits per heavy atom. The normalized spacial score (nSPS) is 14.5. The summed E-state index contributed by atoms with van der Waals surface area (Å²) >= 11 is 1.51. The summed E-state index contributed by atoms with van der Waals surface area (Å²) in [6, 6.07) is -4.31. The molecule has 0 aromatic heterocycles. The van der Waals surface area contributed by atoms with Gasteiger partial charge in [0, 0.05) is 6.42 Å². The minimum Gasteiger partial charge on any atom is -0.481 e. The lowest BCUT2D eigenvalue weighted by Crippen LogP contribution is -2.57. The molecule has 0 radical (unpaired) electrons. The minimum absolute atomic E-state index is 0.0291. The van der Waals surface area contributed by atoms with Crippen LogP contribution in [-0.2, 0) is 24.0 Å². The number of unbranched alkanes of at least 4 members (excludes halogenated alkanes) is 1. The number of amides is 3. The van der Waals surface area contributed by atoms with Gasteiger partial charge in [0.2, 0.25) is 17.7 Å². The number of nitrogens with two attached hydrogens (primary N) is 2. The van der Waals surface area contributed by atoms with E-state index < -0.39 is 53.8 Å². The van der Waals surface area contributed by atoms with Gasteiger partial charge in [0.15, 0.2) is 0 Å². The van der Waals surface area contributed by atoms with Crippen LogP contribution in [0, 0.1) is 5.92 Å². The Hall–Kier alpha value is -2.38. The molecule has 12 nitrogen and oxygen atoms in total. The Morgan fingerprint density at radius 1 is 0.829 bits per heavy atom. The molecular weight excluding hydrogens is 478 g/mol. The first-order chi connectivity index (χ1) is 16.4. The van der Waals surface area contributed by atoms with Crippen molar-refractivity contribution in [2.45, 2.75) is 83.0 Å². The van der Waals surface area contributed by atoms with Gasteiger partial charge in [0.25, 0.3) is 0 Å². The average molecular weight is 520 g/mol. The fourth-order valence-corrected chi connectivity index (χ4v) is 3.68. The van der Waals surface area contributed by atoms with E-state index in [1.807, 2.05) is 20.1 Å². The molecule has 202 valence electrons. The van der Waals surface area contributed by atoms with Crippen molar-refractivity contribution in [3.63, 3.8) is 0 Å². The van der Waals surface area contributed by atoms with Crippen LogP contribution in [0.2, 0.25) is 0 Å². The lowest BCUT2D eigenvalue weighted by Gasteiger charge is -2.26. The molecule has 0 saturated heterocycles. The zero-order chi connectivity index (χ0) is 27.0. The maximum atomic E-state index is 13.0. The van der Waals surface area contributed by atoms with E-state index >= 15 is 0 Å². The molecule has 0 aliphatic heterocycles. The van der Waals surface area contributed by atoms with Gasteiger partial charge in [0.1, 0.15) is 18.1 Å². The number of carboxylic acid groups (broad SMARTS) is 2. The van der Waals surface area contributed by atoms with E-state index in [1.54, 1.807) is 0 Å². The number of carbonyl (C=O) groups is 5. The lowest BCUT2D eigenvalue weighted by atomic mass is 10.0. The van der Waals surface area contributed by atoms with Crippen molar-refractivity contribution in [1.82, 2.24) is 16.0 Å². The predicted molar refractivity (Wildman–Crippen MR) is 134 cm³/mol. The molecule has 0 aliphatic rings. The van der Waals surface area contributed by atoms with Gasteiger partial charge in [-0.15, -0.1) is 0 Å². The third-order valence-corrected chi connectivity index (χ3v) is 5.80. The first-order valence-electron chi connectivity index (χ1n) is 11.7. The first kappa shape index (κ1) is 32.6. The largest absolute Gasteiger partial charge is 0.481 e. The van der Waals surface area contributed by atoms with Crippen LogP contribution in [0.3, 0.4) is 0 Å². The molecule has 0 rings (SSSR count). The molecule has 35 heavy (non-hydrogen) atoms. The molecule has 0 heterocycles. The number of hydrogen-bond acceptors (Lipinski definition) is 8. The molecule has 0 bridgehead atoms. The molecule has 0 spiro atoms.